The number of nitrogens with zero attached hydrogens (tertiary/aromatic N) is 1. The van der Waals surface area contributed by atoms with Gasteiger partial charge in [-0.1, -0.05) is 31.9 Å². The van der Waals surface area contributed by atoms with Gasteiger partial charge in [0.1, 0.15) is 0 Å². The van der Waals surface area contributed by atoms with Crippen molar-refractivity contribution in [1.82, 2.24) is 4.98 Å². The molecule has 0 fully saturated rings. The third kappa shape index (κ3) is 3.88. The molecule has 1 heterocycles. The summed E-state index contributed by atoms with van der Waals surface area (Å²) in [6.45, 7) is 4.26. The average Bonchev–Trinajstić information content (AvgIpc) is 2.15. The molecule has 0 aliphatic heterocycles. The molecule has 0 aliphatic rings. The van der Waals surface area contributed by atoms with E-state index in [2.05, 4.69) is 43.1 Å². The van der Waals surface area contributed by atoms with Crippen molar-refractivity contribution in [1.29, 1.82) is 0 Å². The number of aryl methyl sites for hydroxylation is 1. The van der Waals surface area contributed by atoms with E-state index in [1.165, 1.54) is 18.4 Å². The maximum atomic E-state index is 4.29. The first-order valence-corrected chi connectivity index (χ1v) is 4.92. The Bertz CT molecular complexity index is 259. The van der Waals surface area contributed by atoms with E-state index in [0.29, 0.717) is 0 Å². The second-order valence-corrected chi connectivity index (χ2v) is 3.31. The minimum absolute atomic E-state index is 1.06. The Morgan fingerprint density at radius 3 is 2.85 bits per heavy atom. The summed E-state index contributed by atoms with van der Waals surface area (Å²) in [5.74, 6) is 0. The standard InChI is InChI=1S/C12H17N/c1-3-4-5-6-7-12-9-8-11(2)10-13-12/h6-10H,3-5H2,1-2H3/b7-6+. The van der Waals surface area contributed by atoms with E-state index < -0.39 is 0 Å². The zero-order chi connectivity index (χ0) is 9.52. The largest absolute Gasteiger partial charge is 0.257 e. The number of hydrogen-bond donors (Lipinski definition) is 0. The molecule has 70 valence electrons. The Morgan fingerprint density at radius 1 is 1.38 bits per heavy atom. The van der Waals surface area contributed by atoms with Gasteiger partial charge in [-0.15, -0.1) is 0 Å². The smallest absolute Gasteiger partial charge is 0.0626 e. The Hall–Kier alpha value is -1.11. The van der Waals surface area contributed by atoms with Crippen LogP contribution in [0.1, 0.15) is 37.4 Å². The molecule has 0 saturated carbocycles. The Morgan fingerprint density at radius 2 is 2.23 bits per heavy atom. The van der Waals surface area contributed by atoms with Crippen molar-refractivity contribution in [3.05, 3.63) is 35.7 Å². The van der Waals surface area contributed by atoms with Crippen LogP contribution in [-0.2, 0) is 0 Å². The van der Waals surface area contributed by atoms with Crippen molar-refractivity contribution >= 4 is 6.08 Å². The SMILES string of the molecule is CCCC/C=C/c1ccc(C)cn1. The summed E-state index contributed by atoms with van der Waals surface area (Å²) in [7, 11) is 0. The first kappa shape index (κ1) is 9.97. The molecule has 0 saturated heterocycles. The van der Waals surface area contributed by atoms with Crippen LogP contribution in [0.25, 0.3) is 6.08 Å². The van der Waals surface area contributed by atoms with Crippen LogP contribution < -0.4 is 0 Å². The highest BCUT2D eigenvalue weighted by atomic mass is 14.7. The van der Waals surface area contributed by atoms with Crippen LogP contribution in [0.2, 0.25) is 0 Å². The van der Waals surface area contributed by atoms with Gasteiger partial charge in [0.15, 0.2) is 0 Å². The number of hydrogen-bond acceptors (Lipinski definition) is 1. The lowest BCUT2D eigenvalue weighted by atomic mass is 10.2. The van der Waals surface area contributed by atoms with Gasteiger partial charge in [0.05, 0.1) is 5.69 Å². The van der Waals surface area contributed by atoms with Crippen LogP contribution in [0, 0.1) is 6.92 Å². The van der Waals surface area contributed by atoms with E-state index in [0.717, 1.165) is 12.1 Å². The molecule has 0 bridgehead atoms. The summed E-state index contributed by atoms with van der Waals surface area (Å²) in [5, 5.41) is 0. The molecule has 13 heavy (non-hydrogen) atoms. The molecule has 1 aromatic heterocycles. The molecule has 0 unspecified atom stereocenters. The minimum atomic E-state index is 1.06. The first-order valence-electron chi connectivity index (χ1n) is 4.92. The summed E-state index contributed by atoms with van der Waals surface area (Å²) in [5.41, 5.74) is 2.27. The molecule has 1 rings (SSSR count). The van der Waals surface area contributed by atoms with Crippen molar-refractivity contribution in [2.75, 3.05) is 0 Å². The molecule has 0 amide bonds. The summed E-state index contributed by atoms with van der Waals surface area (Å²) in [6, 6.07) is 4.14. The summed E-state index contributed by atoms with van der Waals surface area (Å²) >= 11 is 0. The lowest BCUT2D eigenvalue weighted by molar-refractivity contribution is 0.816. The summed E-state index contributed by atoms with van der Waals surface area (Å²) < 4.78 is 0. The van der Waals surface area contributed by atoms with E-state index in [1.807, 2.05) is 6.20 Å². The van der Waals surface area contributed by atoms with Crippen LogP contribution in [0.15, 0.2) is 24.4 Å². The van der Waals surface area contributed by atoms with E-state index in [9.17, 15) is 0 Å². The first-order chi connectivity index (χ1) is 6.33. The average molecular weight is 175 g/mol. The van der Waals surface area contributed by atoms with Gasteiger partial charge in [-0.3, -0.25) is 4.98 Å². The fourth-order valence-electron chi connectivity index (χ4n) is 1.10. The molecule has 0 N–H and O–H groups in total. The van der Waals surface area contributed by atoms with Crippen molar-refractivity contribution in [3.63, 3.8) is 0 Å². The summed E-state index contributed by atoms with van der Waals surface area (Å²) in [6.07, 6.45) is 9.87. The number of unbranched alkanes of at least 4 members (excludes halogenated alkanes) is 2. The van der Waals surface area contributed by atoms with Crippen molar-refractivity contribution < 1.29 is 0 Å². The monoisotopic (exact) mass is 175 g/mol. The Kier molecular flexibility index (Phi) is 4.24. The molecule has 1 aromatic rings. The van der Waals surface area contributed by atoms with E-state index in [-0.39, 0.29) is 0 Å². The lowest BCUT2D eigenvalue weighted by Gasteiger charge is -1.93. The number of aromatic nitrogens is 1. The molecule has 0 atom stereocenters. The third-order valence-corrected chi connectivity index (χ3v) is 1.95. The molecule has 1 nitrogen and oxygen atoms in total. The predicted molar refractivity (Wildman–Crippen MR) is 57.5 cm³/mol. The van der Waals surface area contributed by atoms with Crippen LogP contribution in [0.5, 0.6) is 0 Å². The zero-order valence-corrected chi connectivity index (χ0v) is 8.46. The number of pyridine rings is 1. The molecule has 0 aliphatic carbocycles. The van der Waals surface area contributed by atoms with Crippen LogP contribution in [0.3, 0.4) is 0 Å². The van der Waals surface area contributed by atoms with Crippen LogP contribution in [-0.4, -0.2) is 4.98 Å². The second-order valence-electron chi connectivity index (χ2n) is 3.31. The highest BCUT2D eigenvalue weighted by Crippen LogP contribution is 2.03. The number of allylic oxidation sites excluding steroid dienone is 1. The van der Waals surface area contributed by atoms with Gasteiger partial charge in [0, 0.05) is 6.20 Å². The van der Waals surface area contributed by atoms with E-state index in [4.69, 9.17) is 0 Å². The zero-order valence-electron chi connectivity index (χ0n) is 8.46. The van der Waals surface area contributed by atoms with Gasteiger partial charge >= 0.3 is 0 Å². The maximum absolute atomic E-state index is 4.29. The van der Waals surface area contributed by atoms with Gasteiger partial charge in [-0.05, 0) is 31.1 Å². The normalized spacial score (nSPS) is 10.9. The fourth-order valence-corrected chi connectivity index (χ4v) is 1.10. The highest BCUT2D eigenvalue weighted by Gasteiger charge is 1.86. The third-order valence-electron chi connectivity index (χ3n) is 1.95. The van der Waals surface area contributed by atoms with E-state index in [1.54, 1.807) is 0 Å². The van der Waals surface area contributed by atoms with Gasteiger partial charge in [0.2, 0.25) is 0 Å². The molecule has 0 spiro atoms. The molecule has 0 radical (unpaired) electrons. The highest BCUT2D eigenvalue weighted by molar-refractivity contribution is 5.44. The van der Waals surface area contributed by atoms with Crippen LogP contribution in [0.4, 0.5) is 0 Å². The van der Waals surface area contributed by atoms with Gasteiger partial charge in [0.25, 0.3) is 0 Å². The molecule has 1 heteroatoms. The predicted octanol–water partition coefficient (Wildman–Crippen LogP) is 3.59. The van der Waals surface area contributed by atoms with Crippen molar-refractivity contribution in [2.24, 2.45) is 0 Å². The van der Waals surface area contributed by atoms with Gasteiger partial charge in [-0.2, -0.15) is 0 Å². The molecular formula is C12H17N. The number of rotatable bonds is 4. The van der Waals surface area contributed by atoms with Crippen molar-refractivity contribution in [3.8, 4) is 0 Å². The lowest BCUT2D eigenvalue weighted by Crippen LogP contribution is -1.80. The second kappa shape index (κ2) is 5.52. The fraction of sp³-hybridized carbons (Fsp3) is 0.417. The molecular weight excluding hydrogens is 158 g/mol. The van der Waals surface area contributed by atoms with E-state index >= 15 is 0 Å². The molecule has 0 aromatic carbocycles. The topological polar surface area (TPSA) is 12.9 Å². The summed E-state index contributed by atoms with van der Waals surface area (Å²) in [4.78, 5) is 4.29. The Balaban J connectivity index is 2.44. The van der Waals surface area contributed by atoms with Gasteiger partial charge < -0.3 is 0 Å². The Labute approximate surface area is 80.5 Å². The van der Waals surface area contributed by atoms with Crippen molar-refractivity contribution in [2.45, 2.75) is 33.1 Å². The van der Waals surface area contributed by atoms with Gasteiger partial charge in [-0.25, -0.2) is 0 Å². The van der Waals surface area contributed by atoms with Crippen LogP contribution >= 0.6 is 0 Å². The quantitative estimate of drug-likeness (QED) is 0.637. The maximum Gasteiger partial charge on any atom is 0.0626 e. The minimum Gasteiger partial charge on any atom is -0.257 e.